The van der Waals surface area contributed by atoms with Crippen LogP contribution in [0.1, 0.15) is 49.4 Å². The molecule has 0 saturated heterocycles. The molecule has 3 N–H and O–H groups in total. The van der Waals surface area contributed by atoms with Gasteiger partial charge in [-0.25, -0.2) is 13.4 Å². The number of aromatic nitrogens is 5. The minimum absolute atomic E-state index is 0.108. The van der Waals surface area contributed by atoms with E-state index in [9.17, 15) is 9.90 Å². The van der Waals surface area contributed by atoms with E-state index in [1.165, 1.54) is 24.0 Å². The number of amides is 1. The van der Waals surface area contributed by atoms with E-state index in [-0.39, 0.29) is 23.4 Å². The number of anilines is 1. The van der Waals surface area contributed by atoms with Gasteiger partial charge in [0, 0.05) is 19.3 Å². The minimum Gasteiger partial charge on any atom is -0.479 e. The Morgan fingerprint density at radius 3 is 2.80 bits per heavy atom. The van der Waals surface area contributed by atoms with Crippen LogP contribution < -0.4 is 15.4 Å². The van der Waals surface area contributed by atoms with E-state index < -0.39 is 11.4 Å². The van der Waals surface area contributed by atoms with Crippen LogP contribution in [0.5, 0.6) is 5.88 Å². The smallest absolute Gasteiger partial charge is 0.254 e. The van der Waals surface area contributed by atoms with Gasteiger partial charge in [-0.2, -0.15) is 10.1 Å². The first-order valence-corrected chi connectivity index (χ1v) is 11.7. The molecule has 4 heterocycles. The highest BCUT2D eigenvalue weighted by Crippen LogP contribution is 2.36. The molecule has 5 rings (SSSR count). The number of ether oxygens (including phenoxy) is 1. The molecular formula is C24H28FN7O3. The molecule has 0 aromatic carbocycles. The first-order valence-electron chi connectivity index (χ1n) is 11.7. The summed E-state index contributed by atoms with van der Waals surface area (Å²) >= 11 is 0. The Balaban J connectivity index is 1.52. The highest BCUT2D eigenvalue weighted by molar-refractivity contribution is 6.01. The van der Waals surface area contributed by atoms with Crippen LogP contribution in [0.4, 0.5) is 10.3 Å². The normalized spacial score (nSPS) is 20.3. The number of rotatable bonds is 6. The third-order valence-corrected chi connectivity index (χ3v) is 6.94. The molecule has 0 atom stereocenters. The molecule has 0 unspecified atom stereocenters. The molecule has 4 aromatic rings. The molecule has 1 amide bonds. The fourth-order valence-corrected chi connectivity index (χ4v) is 4.78. The summed E-state index contributed by atoms with van der Waals surface area (Å²) in [5.74, 6) is -0.222. The zero-order valence-corrected chi connectivity index (χ0v) is 19.9. The van der Waals surface area contributed by atoms with E-state index in [4.69, 9.17) is 4.74 Å². The lowest BCUT2D eigenvalue weighted by Crippen LogP contribution is -2.38. The standard InChI is InChI=1S/C24H28FN7O3/c1-4-24(34)8-5-15(6-9-24)28-23-29-22(35-3)20-19(17(25)13-32(20)30-23)14-7-10-31-18(11-14)16(12-27-31)21(33)26-2/h7,10-13,15,34H,4-6,8-9H2,1-3H3,(H,26,33)(H,28,30). The fourth-order valence-electron chi connectivity index (χ4n) is 4.78. The number of carbonyl (C=O) groups excluding carboxylic acids is 1. The predicted molar refractivity (Wildman–Crippen MR) is 128 cm³/mol. The molecule has 1 fully saturated rings. The van der Waals surface area contributed by atoms with Crippen molar-refractivity contribution in [3.63, 3.8) is 0 Å². The van der Waals surface area contributed by atoms with Gasteiger partial charge < -0.3 is 20.5 Å². The van der Waals surface area contributed by atoms with Crippen LogP contribution in [0.25, 0.3) is 22.2 Å². The van der Waals surface area contributed by atoms with Gasteiger partial charge in [0.05, 0.1) is 41.7 Å². The molecular weight excluding hydrogens is 453 g/mol. The van der Waals surface area contributed by atoms with Gasteiger partial charge in [0.25, 0.3) is 5.91 Å². The summed E-state index contributed by atoms with van der Waals surface area (Å²) in [4.78, 5) is 16.7. The summed E-state index contributed by atoms with van der Waals surface area (Å²) in [6.45, 7) is 2.00. The average molecular weight is 482 g/mol. The molecule has 4 aromatic heterocycles. The number of fused-ring (bicyclic) bond motifs is 2. The molecule has 1 aliphatic rings. The molecule has 1 saturated carbocycles. The first-order chi connectivity index (χ1) is 16.9. The maximum absolute atomic E-state index is 15.3. The van der Waals surface area contributed by atoms with Gasteiger partial charge in [-0.3, -0.25) is 4.79 Å². The molecule has 35 heavy (non-hydrogen) atoms. The van der Waals surface area contributed by atoms with Gasteiger partial charge in [0.15, 0.2) is 5.82 Å². The largest absolute Gasteiger partial charge is 0.479 e. The number of carbonyl (C=O) groups is 1. The Labute approximate surface area is 201 Å². The quantitative estimate of drug-likeness (QED) is 0.387. The molecule has 10 nitrogen and oxygen atoms in total. The number of halogens is 1. The Hall–Kier alpha value is -3.73. The van der Waals surface area contributed by atoms with Crippen molar-refractivity contribution >= 4 is 22.9 Å². The predicted octanol–water partition coefficient (Wildman–Crippen LogP) is 3.05. The third-order valence-electron chi connectivity index (χ3n) is 6.94. The van der Waals surface area contributed by atoms with Crippen molar-refractivity contribution < 1.29 is 19.0 Å². The van der Waals surface area contributed by atoms with E-state index >= 15 is 4.39 Å². The maximum atomic E-state index is 15.3. The lowest BCUT2D eigenvalue weighted by Gasteiger charge is -2.35. The van der Waals surface area contributed by atoms with Crippen molar-refractivity contribution in [3.05, 3.63) is 42.1 Å². The Bertz CT molecular complexity index is 1410. The highest BCUT2D eigenvalue weighted by atomic mass is 19.1. The molecule has 0 radical (unpaired) electrons. The number of pyridine rings is 1. The van der Waals surface area contributed by atoms with Crippen molar-refractivity contribution in [1.29, 1.82) is 0 Å². The van der Waals surface area contributed by atoms with Crippen LogP contribution in [-0.2, 0) is 0 Å². The van der Waals surface area contributed by atoms with E-state index in [1.54, 1.807) is 29.9 Å². The number of methoxy groups -OCH3 is 1. The van der Waals surface area contributed by atoms with Gasteiger partial charge in [-0.05, 0) is 49.8 Å². The van der Waals surface area contributed by atoms with Crippen LogP contribution >= 0.6 is 0 Å². The second-order valence-electron chi connectivity index (χ2n) is 8.97. The van der Waals surface area contributed by atoms with E-state index in [2.05, 4.69) is 25.8 Å². The number of nitrogens with one attached hydrogen (secondary N) is 2. The first kappa shape index (κ1) is 23.0. The SMILES string of the molecule is CCC1(O)CCC(Nc2nc(OC)c3c(-c4ccn5ncc(C(=O)NC)c5c4)c(F)cn3n2)CC1. The number of hydrogen-bond acceptors (Lipinski definition) is 7. The zero-order chi connectivity index (χ0) is 24.7. The summed E-state index contributed by atoms with van der Waals surface area (Å²) in [6.07, 6.45) is 8.16. The molecule has 0 spiro atoms. The summed E-state index contributed by atoms with van der Waals surface area (Å²) in [7, 11) is 3.02. The van der Waals surface area contributed by atoms with E-state index in [0.717, 1.165) is 19.3 Å². The summed E-state index contributed by atoms with van der Waals surface area (Å²) in [6, 6.07) is 3.53. The van der Waals surface area contributed by atoms with Gasteiger partial charge >= 0.3 is 0 Å². The van der Waals surface area contributed by atoms with Gasteiger partial charge in [0.2, 0.25) is 11.8 Å². The van der Waals surface area contributed by atoms with Crippen molar-refractivity contribution in [3.8, 4) is 17.0 Å². The molecule has 0 bridgehead atoms. The summed E-state index contributed by atoms with van der Waals surface area (Å²) in [5, 5.41) is 25.1. The van der Waals surface area contributed by atoms with Crippen molar-refractivity contribution in [1.82, 2.24) is 29.5 Å². The molecule has 0 aliphatic heterocycles. The molecule has 184 valence electrons. The Morgan fingerprint density at radius 1 is 1.34 bits per heavy atom. The topological polar surface area (TPSA) is 118 Å². The van der Waals surface area contributed by atoms with Crippen LogP contribution in [0, 0.1) is 5.82 Å². The van der Waals surface area contributed by atoms with Gasteiger partial charge in [-0.15, -0.1) is 5.10 Å². The monoisotopic (exact) mass is 481 g/mol. The number of hydrogen-bond donors (Lipinski definition) is 3. The van der Waals surface area contributed by atoms with Gasteiger partial charge in [-0.1, -0.05) is 6.92 Å². The second-order valence-corrected chi connectivity index (χ2v) is 8.97. The average Bonchev–Trinajstić information content (AvgIpc) is 3.44. The fraction of sp³-hybridized carbons (Fsp3) is 0.417. The minimum atomic E-state index is -0.604. The molecule has 11 heteroatoms. The maximum Gasteiger partial charge on any atom is 0.254 e. The van der Waals surface area contributed by atoms with Crippen molar-refractivity contribution in [2.45, 2.75) is 50.7 Å². The Kier molecular flexibility index (Phi) is 5.79. The lowest BCUT2D eigenvalue weighted by atomic mass is 9.80. The number of nitrogens with zero attached hydrogens (tertiary/aromatic N) is 5. The van der Waals surface area contributed by atoms with E-state index in [1.807, 2.05) is 6.92 Å². The lowest BCUT2D eigenvalue weighted by molar-refractivity contribution is -0.00199. The summed E-state index contributed by atoms with van der Waals surface area (Å²) < 4.78 is 23.8. The van der Waals surface area contributed by atoms with Gasteiger partial charge in [0.1, 0.15) is 5.52 Å². The number of aliphatic hydroxyl groups is 1. The third kappa shape index (κ3) is 4.05. The van der Waals surface area contributed by atoms with Crippen LogP contribution in [-0.4, -0.2) is 61.0 Å². The van der Waals surface area contributed by atoms with Crippen molar-refractivity contribution in [2.24, 2.45) is 0 Å². The molecule has 1 aliphatic carbocycles. The van der Waals surface area contributed by atoms with Crippen molar-refractivity contribution in [2.75, 3.05) is 19.5 Å². The highest BCUT2D eigenvalue weighted by Gasteiger charge is 2.32. The summed E-state index contributed by atoms with van der Waals surface area (Å²) in [5.41, 5.74) is 1.51. The van der Waals surface area contributed by atoms with E-state index in [0.29, 0.717) is 41.0 Å². The van der Waals surface area contributed by atoms with Crippen LogP contribution in [0.2, 0.25) is 0 Å². The van der Waals surface area contributed by atoms with Crippen LogP contribution in [0.3, 0.4) is 0 Å². The van der Waals surface area contributed by atoms with Crippen LogP contribution in [0.15, 0.2) is 30.7 Å². The second kappa shape index (κ2) is 8.81. The Morgan fingerprint density at radius 2 is 2.11 bits per heavy atom. The zero-order valence-electron chi connectivity index (χ0n) is 19.9.